The molecule has 2 atom stereocenters. The molecule has 1 aromatic rings. The molecule has 1 fully saturated rings. The zero-order chi connectivity index (χ0) is 16.4. The van der Waals surface area contributed by atoms with Crippen LogP contribution in [0.4, 0.5) is 0 Å². The van der Waals surface area contributed by atoms with Gasteiger partial charge in [0.1, 0.15) is 0 Å². The van der Waals surface area contributed by atoms with E-state index < -0.39 is 10.2 Å². The van der Waals surface area contributed by atoms with Gasteiger partial charge in [0, 0.05) is 19.6 Å². The highest BCUT2D eigenvalue weighted by Gasteiger charge is 2.30. The lowest BCUT2D eigenvalue weighted by atomic mass is 10.1. The molecule has 0 aliphatic carbocycles. The molecule has 2 heterocycles. The molecule has 0 saturated carbocycles. The molecule has 3 rings (SSSR count). The van der Waals surface area contributed by atoms with Crippen LogP contribution in [0.3, 0.4) is 0 Å². The lowest BCUT2D eigenvalue weighted by molar-refractivity contribution is -0.0443. The van der Waals surface area contributed by atoms with E-state index in [0.29, 0.717) is 31.8 Å². The van der Waals surface area contributed by atoms with Crippen LogP contribution in [-0.2, 0) is 21.4 Å². The first-order valence-electron chi connectivity index (χ1n) is 7.73. The molecule has 128 valence electrons. The maximum atomic E-state index is 12.4. The molecule has 1 saturated heterocycles. The van der Waals surface area contributed by atoms with Gasteiger partial charge in [0.2, 0.25) is 6.79 Å². The SMILES string of the molecule is C[C@H]1CN(S(=O)(=O)NCCc2ccc3c(c2)OCO3)C[C@H](C)O1. The van der Waals surface area contributed by atoms with Crippen LogP contribution in [-0.4, -0.2) is 51.4 Å². The summed E-state index contributed by atoms with van der Waals surface area (Å²) in [5, 5.41) is 0. The Kier molecular flexibility index (Phi) is 4.77. The second-order valence-corrected chi connectivity index (χ2v) is 7.67. The first-order chi connectivity index (χ1) is 10.9. The summed E-state index contributed by atoms with van der Waals surface area (Å²) in [4.78, 5) is 0. The van der Waals surface area contributed by atoms with Gasteiger partial charge < -0.3 is 14.2 Å². The number of nitrogens with zero attached hydrogens (tertiary/aromatic N) is 1. The lowest BCUT2D eigenvalue weighted by Crippen LogP contribution is -2.52. The molecule has 1 N–H and O–H groups in total. The van der Waals surface area contributed by atoms with Crippen LogP contribution in [0.15, 0.2) is 18.2 Å². The number of ether oxygens (including phenoxy) is 3. The number of rotatable bonds is 5. The Bertz CT molecular complexity index is 654. The zero-order valence-corrected chi connectivity index (χ0v) is 14.1. The number of hydrogen-bond donors (Lipinski definition) is 1. The van der Waals surface area contributed by atoms with Gasteiger partial charge in [-0.1, -0.05) is 6.07 Å². The van der Waals surface area contributed by atoms with Crippen LogP contribution >= 0.6 is 0 Å². The molecule has 2 aliphatic rings. The predicted octanol–water partition coefficient (Wildman–Crippen LogP) is 0.901. The fourth-order valence-electron chi connectivity index (χ4n) is 2.84. The number of hydrogen-bond acceptors (Lipinski definition) is 5. The smallest absolute Gasteiger partial charge is 0.279 e. The highest BCUT2D eigenvalue weighted by atomic mass is 32.2. The lowest BCUT2D eigenvalue weighted by Gasteiger charge is -2.34. The highest BCUT2D eigenvalue weighted by molar-refractivity contribution is 7.87. The van der Waals surface area contributed by atoms with Gasteiger partial charge in [0.25, 0.3) is 10.2 Å². The summed E-state index contributed by atoms with van der Waals surface area (Å²) in [6.07, 6.45) is 0.402. The van der Waals surface area contributed by atoms with Gasteiger partial charge in [-0.05, 0) is 38.0 Å². The van der Waals surface area contributed by atoms with Gasteiger partial charge in [-0.15, -0.1) is 0 Å². The van der Waals surface area contributed by atoms with Crippen molar-refractivity contribution >= 4 is 10.2 Å². The quantitative estimate of drug-likeness (QED) is 0.860. The standard InChI is InChI=1S/C15H22N2O5S/c1-11-8-17(9-12(2)22-11)23(18,19)16-6-5-13-3-4-14-15(7-13)21-10-20-14/h3-4,7,11-12,16H,5-6,8-10H2,1-2H3/t11-,12-/m0/s1. The van der Waals surface area contributed by atoms with Crippen molar-refractivity contribution in [1.29, 1.82) is 0 Å². The third-order valence-corrected chi connectivity index (χ3v) is 5.41. The largest absolute Gasteiger partial charge is 0.454 e. The van der Waals surface area contributed by atoms with Crippen LogP contribution in [0.2, 0.25) is 0 Å². The first kappa shape index (κ1) is 16.5. The molecule has 7 nitrogen and oxygen atoms in total. The third-order valence-electron chi connectivity index (χ3n) is 3.86. The van der Waals surface area contributed by atoms with Crippen molar-refractivity contribution in [3.05, 3.63) is 23.8 Å². The second kappa shape index (κ2) is 6.64. The normalized spacial score (nSPS) is 24.8. The minimum absolute atomic E-state index is 0.0933. The van der Waals surface area contributed by atoms with Crippen molar-refractivity contribution in [3.63, 3.8) is 0 Å². The summed E-state index contributed by atoms with van der Waals surface area (Å²) < 4.78 is 45.0. The summed E-state index contributed by atoms with van der Waals surface area (Å²) in [7, 11) is -3.48. The third kappa shape index (κ3) is 3.95. The van der Waals surface area contributed by atoms with Crippen LogP contribution < -0.4 is 14.2 Å². The average Bonchev–Trinajstić information content (AvgIpc) is 2.93. The molecule has 0 radical (unpaired) electrons. The molecule has 0 unspecified atom stereocenters. The average molecular weight is 342 g/mol. The van der Waals surface area contributed by atoms with Crippen molar-refractivity contribution in [3.8, 4) is 11.5 Å². The summed E-state index contributed by atoms with van der Waals surface area (Å²) in [6, 6.07) is 5.65. The molecule has 0 aromatic heterocycles. The molecule has 0 spiro atoms. The Hall–Kier alpha value is -1.35. The maximum Gasteiger partial charge on any atom is 0.279 e. The van der Waals surface area contributed by atoms with Gasteiger partial charge in [0.15, 0.2) is 11.5 Å². The summed E-state index contributed by atoms with van der Waals surface area (Å²) in [5.41, 5.74) is 1.00. The van der Waals surface area contributed by atoms with Crippen LogP contribution in [0.5, 0.6) is 11.5 Å². The minimum atomic E-state index is -3.48. The zero-order valence-electron chi connectivity index (χ0n) is 13.3. The van der Waals surface area contributed by atoms with E-state index in [1.165, 1.54) is 4.31 Å². The van der Waals surface area contributed by atoms with Gasteiger partial charge in [0.05, 0.1) is 12.2 Å². The minimum Gasteiger partial charge on any atom is -0.454 e. The van der Waals surface area contributed by atoms with Crippen molar-refractivity contribution < 1.29 is 22.6 Å². The Balaban J connectivity index is 1.55. The van der Waals surface area contributed by atoms with E-state index in [4.69, 9.17) is 14.2 Å². The molecule has 23 heavy (non-hydrogen) atoms. The van der Waals surface area contributed by atoms with E-state index in [-0.39, 0.29) is 19.0 Å². The fourth-order valence-corrected chi connectivity index (χ4v) is 4.19. The highest BCUT2D eigenvalue weighted by Crippen LogP contribution is 2.32. The van der Waals surface area contributed by atoms with E-state index in [0.717, 1.165) is 11.3 Å². The van der Waals surface area contributed by atoms with Crippen molar-refractivity contribution in [2.45, 2.75) is 32.5 Å². The van der Waals surface area contributed by atoms with Crippen LogP contribution in [0.25, 0.3) is 0 Å². The monoisotopic (exact) mass is 342 g/mol. The fraction of sp³-hybridized carbons (Fsp3) is 0.600. The first-order valence-corrected chi connectivity index (χ1v) is 9.17. The molecule has 8 heteroatoms. The number of benzene rings is 1. The van der Waals surface area contributed by atoms with E-state index in [1.807, 2.05) is 32.0 Å². The van der Waals surface area contributed by atoms with Crippen molar-refractivity contribution in [1.82, 2.24) is 9.03 Å². The topological polar surface area (TPSA) is 77.1 Å². The molecular weight excluding hydrogens is 320 g/mol. The second-order valence-electron chi connectivity index (χ2n) is 5.91. The van der Waals surface area contributed by atoms with Gasteiger partial charge >= 0.3 is 0 Å². The van der Waals surface area contributed by atoms with Gasteiger partial charge in [-0.25, -0.2) is 4.72 Å². The number of fused-ring (bicyclic) bond motifs is 1. The number of morpholine rings is 1. The Morgan fingerprint density at radius 1 is 1.17 bits per heavy atom. The Labute approximate surface area is 136 Å². The van der Waals surface area contributed by atoms with E-state index in [2.05, 4.69) is 4.72 Å². The maximum absolute atomic E-state index is 12.4. The molecule has 2 aliphatic heterocycles. The summed E-state index contributed by atoms with van der Waals surface area (Å²) in [6.45, 7) is 5.09. The molecule has 1 aromatic carbocycles. The van der Waals surface area contributed by atoms with Crippen LogP contribution in [0, 0.1) is 0 Å². The van der Waals surface area contributed by atoms with Crippen LogP contribution in [0.1, 0.15) is 19.4 Å². The van der Waals surface area contributed by atoms with E-state index >= 15 is 0 Å². The Morgan fingerprint density at radius 3 is 2.61 bits per heavy atom. The van der Waals surface area contributed by atoms with Crippen molar-refractivity contribution in [2.75, 3.05) is 26.4 Å². The number of nitrogens with one attached hydrogen (secondary N) is 1. The van der Waals surface area contributed by atoms with Crippen molar-refractivity contribution in [2.24, 2.45) is 0 Å². The molecular formula is C15H22N2O5S. The van der Waals surface area contributed by atoms with E-state index in [1.54, 1.807) is 0 Å². The summed E-state index contributed by atoms with van der Waals surface area (Å²) >= 11 is 0. The van der Waals surface area contributed by atoms with E-state index in [9.17, 15) is 8.42 Å². The van der Waals surface area contributed by atoms with Gasteiger partial charge in [-0.3, -0.25) is 0 Å². The summed E-state index contributed by atoms with van der Waals surface area (Å²) in [5.74, 6) is 1.44. The Morgan fingerprint density at radius 2 is 1.87 bits per heavy atom. The van der Waals surface area contributed by atoms with Gasteiger partial charge in [-0.2, -0.15) is 12.7 Å². The molecule has 0 amide bonds. The predicted molar refractivity (Wildman–Crippen MR) is 84.8 cm³/mol. The molecule has 0 bridgehead atoms.